The zero-order chi connectivity index (χ0) is 17.3. The van der Waals surface area contributed by atoms with Crippen LogP contribution in [-0.4, -0.2) is 43.4 Å². The molecule has 0 radical (unpaired) electrons. The SMILES string of the molecule is CC(=O)O.CC(C)NCC(NS(C)(=O)=O)c1ccc(O)cc1. The Kier molecular flexibility index (Phi) is 8.69. The number of phenols is 1. The van der Waals surface area contributed by atoms with E-state index >= 15 is 0 Å². The summed E-state index contributed by atoms with van der Waals surface area (Å²) in [7, 11) is -3.28. The Labute approximate surface area is 131 Å². The normalized spacial score (nSPS) is 12.4. The molecule has 0 bridgehead atoms. The van der Waals surface area contributed by atoms with Gasteiger partial charge in [-0.3, -0.25) is 4.79 Å². The molecule has 0 aliphatic carbocycles. The Morgan fingerprint density at radius 3 is 2.05 bits per heavy atom. The van der Waals surface area contributed by atoms with E-state index < -0.39 is 16.0 Å². The van der Waals surface area contributed by atoms with Crippen LogP contribution in [0.2, 0.25) is 0 Å². The van der Waals surface area contributed by atoms with Crippen LogP contribution in [0.25, 0.3) is 0 Å². The predicted molar refractivity (Wildman–Crippen MR) is 85.3 cm³/mol. The third-order valence-corrected chi connectivity index (χ3v) is 3.09. The Bertz CT molecular complexity index is 551. The summed E-state index contributed by atoms with van der Waals surface area (Å²) < 4.78 is 25.3. The highest BCUT2D eigenvalue weighted by Crippen LogP contribution is 2.17. The third-order valence-electron chi connectivity index (χ3n) is 2.38. The standard InChI is InChI=1S/C12H20N2O3S.C2H4O2/c1-9(2)13-8-12(14-18(3,16)17)10-4-6-11(15)7-5-10;1-2(3)4/h4-7,9,12-15H,8H2,1-3H3;1H3,(H,3,4). The van der Waals surface area contributed by atoms with Crippen molar-refractivity contribution >= 4 is 16.0 Å². The minimum atomic E-state index is -3.28. The van der Waals surface area contributed by atoms with E-state index in [-0.39, 0.29) is 17.8 Å². The first kappa shape index (κ1) is 20.4. The van der Waals surface area contributed by atoms with Gasteiger partial charge in [-0.1, -0.05) is 26.0 Å². The lowest BCUT2D eigenvalue weighted by molar-refractivity contribution is -0.134. The Balaban J connectivity index is 0.000000980. The number of hydrogen-bond donors (Lipinski definition) is 4. The molecule has 4 N–H and O–H groups in total. The lowest BCUT2D eigenvalue weighted by atomic mass is 10.1. The summed E-state index contributed by atoms with van der Waals surface area (Å²) in [5.74, 6) is -0.673. The minimum Gasteiger partial charge on any atom is -0.508 e. The zero-order valence-corrected chi connectivity index (χ0v) is 14.0. The number of benzene rings is 1. The Hall–Kier alpha value is -1.64. The van der Waals surface area contributed by atoms with E-state index in [0.717, 1.165) is 18.7 Å². The van der Waals surface area contributed by atoms with Crippen molar-refractivity contribution in [1.82, 2.24) is 10.0 Å². The summed E-state index contributed by atoms with van der Waals surface area (Å²) in [6.07, 6.45) is 1.13. The van der Waals surface area contributed by atoms with E-state index in [1.807, 2.05) is 13.8 Å². The first-order chi connectivity index (χ1) is 10.0. The third kappa shape index (κ3) is 11.1. The molecule has 1 aromatic carbocycles. The number of aromatic hydroxyl groups is 1. The average molecular weight is 332 g/mol. The molecule has 22 heavy (non-hydrogen) atoms. The van der Waals surface area contributed by atoms with Gasteiger partial charge in [0.2, 0.25) is 10.0 Å². The largest absolute Gasteiger partial charge is 0.508 e. The summed E-state index contributed by atoms with van der Waals surface area (Å²) in [5.41, 5.74) is 0.811. The van der Waals surface area contributed by atoms with E-state index in [1.54, 1.807) is 24.3 Å². The predicted octanol–water partition coefficient (Wildman–Crippen LogP) is 1.07. The summed E-state index contributed by atoms with van der Waals surface area (Å²) in [5, 5.41) is 19.8. The van der Waals surface area contributed by atoms with Crippen molar-refractivity contribution in [2.75, 3.05) is 12.8 Å². The number of nitrogens with one attached hydrogen (secondary N) is 2. The number of rotatable bonds is 6. The van der Waals surface area contributed by atoms with Gasteiger partial charge in [-0.15, -0.1) is 0 Å². The van der Waals surface area contributed by atoms with Crippen LogP contribution in [0.4, 0.5) is 0 Å². The molecule has 0 aliphatic rings. The monoisotopic (exact) mass is 332 g/mol. The molecule has 0 aromatic heterocycles. The van der Waals surface area contributed by atoms with Gasteiger partial charge in [0.1, 0.15) is 5.75 Å². The number of carboxylic acids is 1. The van der Waals surface area contributed by atoms with Crippen molar-refractivity contribution < 1.29 is 23.4 Å². The molecule has 1 unspecified atom stereocenters. The van der Waals surface area contributed by atoms with Gasteiger partial charge >= 0.3 is 0 Å². The number of aliphatic carboxylic acids is 1. The first-order valence-electron chi connectivity index (χ1n) is 6.70. The number of carboxylic acid groups (broad SMARTS) is 1. The van der Waals surface area contributed by atoms with Gasteiger partial charge in [0, 0.05) is 19.5 Å². The maximum Gasteiger partial charge on any atom is 0.300 e. The summed E-state index contributed by atoms with van der Waals surface area (Å²) in [6, 6.07) is 6.43. The molecule has 0 saturated heterocycles. The molecule has 0 aliphatic heterocycles. The average Bonchev–Trinajstić information content (AvgIpc) is 2.33. The lowest BCUT2D eigenvalue weighted by Crippen LogP contribution is -2.37. The smallest absolute Gasteiger partial charge is 0.300 e. The molecule has 1 aromatic rings. The van der Waals surface area contributed by atoms with Crippen LogP contribution < -0.4 is 10.0 Å². The number of sulfonamides is 1. The maximum absolute atomic E-state index is 11.3. The van der Waals surface area contributed by atoms with E-state index in [9.17, 15) is 13.5 Å². The molecule has 126 valence electrons. The van der Waals surface area contributed by atoms with Crippen LogP contribution in [0.1, 0.15) is 32.4 Å². The van der Waals surface area contributed by atoms with Gasteiger partial charge in [0.05, 0.1) is 12.3 Å². The molecule has 0 spiro atoms. The second-order valence-corrected chi connectivity index (χ2v) is 6.90. The van der Waals surface area contributed by atoms with Crippen molar-refractivity contribution in [2.24, 2.45) is 0 Å². The van der Waals surface area contributed by atoms with Crippen molar-refractivity contribution in [2.45, 2.75) is 32.9 Å². The molecule has 0 saturated carbocycles. The second-order valence-electron chi connectivity index (χ2n) is 5.12. The molecule has 7 nitrogen and oxygen atoms in total. The van der Waals surface area contributed by atoms with E-state index in [2.05, 4.69) is 10.0 Å². The fourth-order valence-corrected chi connectivity index (χ4v) is 2.28. The van der Waals surface area contributed by atoms with E-state index in [0.29, 0.717) is 6.54 Å². The molecular formula is C14H24N2O5S. The topological polar surface area (TPSA) is 116 Å². The fraction of sp³-hybridized carbons (Fsp3) is 0.500. The van der Waals surface area contributed by atoms with E-state index in [1.165, 1.54) is 0 Å². The quantitative estimate of drug-likeness (QED) is 0.619. The van der Waals surface area contributed by atoms with Crippen molar-refractivity contribution in [1.29, 1.82) is 0 Å². The highest BCUT2D eigenvalue weighted by Gasteiger charge is 2.16. The summed E-state index contributed by atoms with van der Waals surface area (Å²) >= 11 is 0. The molecule has 0 heterocycles. The summed E-state index contributed by atoms with van der Waals surface area (Å²) in [4.78, 5) is 9.00. The Morgan fingerprint density at radius 2 is 1.68 bits per heavy atom. The first-order valence-corrected chi connectivity index (χ1v) is 8.59. The van der Waals surface area contributed by atoms with Crippen LogP contribution in [0.15, 0.2) is 24.3 Å². The molecular weight excluding hydrogens is 308 g/mol. The number of carbonyl (C=O) groups is 1. The van der Waals surface area contributed by atoms with Crippen molar-refractivity contribution in [3.05, 3.63) is 29.8 Å². The molecule has 1 rings (SSSR count). The number of hydrogen-bond acceptors (Lipinski definition) is 5. The van der Waals surface area contributed by atoms with Crippen LogP contribution in [0.5, 0.6) is 5.75 Å². The molecule has 8 heteroatoms. The van der Waals surface area contributed by atoms with Crippen molar-refractivity contribution in [3.63, 3.8) is 0 Å². The van der Waals surface area contributed by atoms with Gasteiger partial charge in [0.15, 0.2) is 0 Å². The zero-order valence-electron chi connectivity index (χ0n) is 13.2. The molecule has 0 amide bonds. The van der Waals surface area contributed by atoms with Crippen molar-refractivity contribution in [3.8, 4) is 5.75 Å². The molecule has 0 fully saturated rings. The van der Waals surface area contributed by atoms with Crippen LogP contribution in [0, 0.1) is 0 Å². The molecule has 1 atom stereocenters. The van der Waals surface area contributed by atoms with Crippen LogP contribution in [0.3, 0.4) is 0 Å². The van der Waals surface area contributed by atoms with Gasteiger partial charge in [-0.2, -0.15) is 0 Å². The number of phenolic OH excluding ortho intramolecular Hbond substituents is 1. The van der Waals surface area contributed by atoms with E-state index in [4.69, 9.17) is 9.90 Å². The summed E-state index contributed by atoms with van der Waals surface area (Å²) in [6.45, 7) is 5.57. The Morgan fingerprint density at radius 1 is 1.23 bits per heavy atom. The lowest BCUT2D eigenvalue weighted by Gasteiger charge is -2.20. The van der Waals surface area contributed by atoms with Gasteiger partial charge in [-0.25, -0.2) is 13.1 Å². The highest BCUT2D eigenvalue weighted by molar-refractivity contribution is 7.88. The van der Waals surface area contributed by atoms with Crippen LogP contribution >= 0.6 is 0 Å². The highest BCUT2D eigenvalue weighted by atomic mass is 32.2. The minimum absolute atomic E-state index is 0.161. The fourth-order valence-electron chi connectivity index (χ4n) is 1.55. The van der Waals surface area contributed by atoms with Crippen LogP contribution in [-0.2, 0) is 14.8 Å². The van der Waals surface area contributed by atoms with Gasteiger partial charge in [0.25, 0.3) is 5.97 Å². The van der Waals surface area contributed by atoms with Gasteiger partial charge < -0.3 is 15.5 Å². The second kappa shape index (κ2) is 9.39. The maximum atomic E-state index is 11.3. The van der Waals surface area contributed by atoms with Gasteiger partial charge in [-0.05, 0) is 17.7 Å².